The fourth-order valence-corrected chi connectivity index (χ4v) is 2.35. The van der Waals surface area contributed by atoms with E-state index in [4.69, 9.17) is 17.3 Å². The summed E-state index contributed by atoms with van der Waals surface area (Å²) in [5.41, 5.74) is 8.27. The molecule has 2 aromatic carbocycles. The van der Waals surface area contributed by atoms with Crippen LogP contribution in [-0.2, 0) is 7.05 Å². The molecule has 0 saturated heterocycles. The zero-order chi connectivity index (χ0) is 14.1. The van der Waals surface area contributed by atoms with Gasteiger partial charge >= 0.3 is 0 Å². The van der Waals surface area contributed by atoms with Crippen molar-refractivity contribution < 1.29 is 0 Å². The van der Waals surface area contributed by atoms with E-state index in [0.29, 0.717) is 27.9 Å². The van der Waals surface area contributed by atoms with E-state index in [-0.39, 0.29) is 0 Å². The molecule has 20 heavy (non-hydrogen) atoms. The summed E-state index contributed by atoms with van der Waals surface area (Å²) in [4.78, 5) is 4.56. The first-order valence-corrected chi connectivity index (χ1v) is 6.55. The molecule has 5 heteroatoms. The van der Waals surface area contributed by atoms with Gasteiger partial charge in [-0.15, -0.1) is 0 Å². The van der Waals surface area contributed by atoms with Crippen LogP contribution in [0.25, 0.3) is 22.8 Å². The summed E-state index contributed by atoms with van der Waals surface area (Å²) in [6, 6.07) is 15.2. The van der Waals surface area contributed by atoms with Gasteiger partial charge in [-0.3, -0.25) is 0 Å². The molecule has 1 heterocycles. The smallest absolute Gasteiger partial charge is 0.181 e. The number of benzene rings is 2. The summed E-state index contributed by atoms with van der Waals surface area (Å²) in [5.74, 6) is 1.31. The van der Waals surface area contributed by atoms with E-state index in [2.05, 4.69) is 10.1 Å². The molecule has 0 atom stereocenters. The van der Waals surface area contributed by atoms with Gasteiger partial charge in [0.1, 0.15) is 0 Å². The zero-order valence-electron chi connectivity index (χ0n) is 10.9. The number of anilines is 1. The number of halogens is 1. The van der Waals surface area contributed by atoms with E-state index in [1.807, 2.05) is 43.4 Å². The highest BCUT2D eigenvalue weighted by atomic mass is 35.5. The Hall–Kier alpha value is -2.33. The highest BCUT2D eigenvalue weighted by molar-refractivity contribution is 6.33. The second kappa shape index (κ2) is 4.98. The summed E-state index contributed by atoms with van der Waals surface area (Å²) in [6.45, 7) is 0. The SMILES string of the molecule is Cn1nc(-c2ccccc2)nc1-c1c(N)cccc1Cl. The van der Waals surface area contributed by atoms with Gasteiger partial charge in [0, 0.05) is 18.3 Å². The Bertz CT molecular complexity index is 730. The molecule has 0 fully saturated rings. The first-order valence-electron chi connectivity index (χ1n) is 6.17. The summed E-state index contributed by atoms with van der Waals surface area (Å²) in [6.07, 6.45) is 0. The monoisotopic (exact) mass is 284 g/mol. The second-order valence-corrected chi connectivity index (χ2v) is 4.86. The third-order valence-corrected chi connectivity index (χ3v) is 3.38. The number of nitrogen functional groups attached to an aromatic ring is 1. The minimum absolute atomic E-state index is 0.570. The lowest BCUT2D eigenvalue weighted by atomic mass is 10.1. The predicted octanol–water partition coefficient (Wildman–Crippen LogP) is 3.38. The maximum atomic E-state index is 6.23. The third-order valence-electron chi connectivity index (χ3n) is 3.06. The lowest BCUT2D eigenvalue weighted by molar-refractivity contribution is 0.777. The highest BCUT2D eigenvalue weighted by Crippen LogP contribution is 2.32. The molecular formula is C15H13ClN4. The minimum Gasteiger partial charge on any atom is -0.398 e. The number of rotatable bonds is 2. The Kier molecular flexibility index (Phi) is 3.16. The van der Waals surface area contributed by atoms with Crippen molar-refractivity contribution in [3.63, 3.8) is 0 Å². The Morgan fingerprint density at radius 2 is 1.80 bits per heavy atom. The molecule has 100 valence electrons. The van der Waals surface area contributed by atoms with E-state index in [1.165, 1.54) is 0 Å². The van der Waals surface area contributed by atoms with E-state index in [1.54, 1.807) is 16.8 Å². The van der Waals surface area contributed by atoms with Gasteiger partial charge in [0.05, 0.1) is 10.6 Å². The first-order chi connectivity index (χ1) is 9.66. The van der Waals surface area contributed by atoms with Crippen LogP contribution >= 0.6 is 11.6 Å². The maximum Gasteiger partial charge on any atom is 0.181 e. The topological polar surface area (TPSA) is 56.7 Å². The van der Waals surface area contributed by atoms with Crippen molar-refractivity contribution in [2.24, 2.45) is 7.05 Å². The molecule has 4 nitrogen and oxygen atoms in total. The van der Waals surface area contributed by atoms with Gasteiger partial charge < -0.3 is 5.73 Å². The molecule has 0 amide bonds. The zero-order valence-corrected chi connectivity index (χ0v) is 11.7. The van der Waals surface area contributed by atoms with Crippen molar-refractivity contribution in [3.05, 3.63) is 53.6 Å². The molecule has 1 aromatic heterocycles. The minimum atomic E-state index is 0.570. The van der Waals surface area contributed by atoms with Crippen LogP contribution in [0.2, 0.25) is 5.02 Å². The molecular weight excluding hydrogens is 272 g/mol. The van der Waals surface area contributed by atoms with Gasteiger partial charge in [0.15, 0.2) is 11.6 Å². The van der Waals surface area contributed by atoms with Gasteiger partial charge in [-0.1, -0.05) is 48.0 Å². The lowest BCUT2D eigenvalue weighted by Crippen LogP contribution is -1.98. The third kappa shape index (κ3) is 2.14. The second-order valence-electron chi connectivity index (χ2n) is 4.45. The largest absolute Gasteiger partial charge is 0.398 e. The molecule has 0 unspecified atom stereocenters. The standard InChI is InChI=1S/C15H13ClN4/c1-20-15(13-11(16)8-5-9-12(13)17)18-14(19-20)10-6-3-2-4-7-10/h2-9H,17H2,1H3. The fraction of sp³-hybridized carbons (Fsp3) is 0.0667. The molecule has 0 radical (unpaired) electrons. The molecule has 0 aliphatic rings. The molecule has 2 N–H and O–H groups in total. The Balaban J connectivity index is 2.15. The average molecular weight is 285 g/mol. The van der Waals surface area contributed by atoms with Crippen LogP contribution in [0.4, 0.5) is 5.69 Å². The summed E-state index contributed by atoms with van der Waals surface area (Å²) < 4.78 is 1.69. The molecule has 0 bridgehead atoms. The number of nitrogens with zero attached hydrogens (tertiary/aromatic N) is 3. The van der Waals surface area contributed by atoms with E-state index in [0.717, 1.165) is 5.56 Å². The summed E-state index contributed by atoms with van der Waals surface area (Å²) in [5, 5.41) is 5.00. The normalized spacial score (nSPS) is 10.7. The average Bonchev–Trinajstić information content (AvgIpc) is 2.82. The van der Waals surface area contributed by atoms with Gasteiger partial charge in [0.2, 0.25) is 0 Å². The molecule has 0 saturated carbocycles. The van der Waals surface area contributed by atoms with Crippen LogP contribution in [0.15, 0.2) is 48.5 Å². The quantitative estimate of drug-likeness (QED) is 0.734. The van der Waals surface area contributed by atoms with Crippen molar-refractivity contribution in [2.45, 2.75) is 0 Å². The molecule has 3 rings (SSSR count). The highest BCUT2D eigenvalue weighted by Gasteiger charge is 2.15. The first kappa shape index (κ1) is 12.7. The van der Waals surface area contributed by atoms with Crippen LogP contribution in [0, 0.1) is 0 Å². The van der Waals surface area contributed by atoms with Gasteiger partial charge in [0.25, 0.3) is 0 Å². The number of hydrogen-bond donors (Lipinski definition) is 1. The van der Waals surface area contributed by atoms with E-state index >= 15 is 0 Å². The van der Waals surface area contributed by atoms with Crippen molar-refractivity contribution in [3.8, 4) is 22.8 Å². The number of hydrogen-bond acceptors (Lipinski definition) is 3. The van der Waals surface area contributed by atoms with E-state index in [9.17, 15) is 0 Å². The van der Waals surface area contributed by atoms with Crippen LogP contribution in [0.5, 0.6) is 0 Å². The predicted molar refractivity (Wildman–Crippen MR) is 81.3 cm³/mol. The molecule has 3 aromatic rings. The van der Waals surface area contributed by atoms with E-state index < -0.39 is 0 Å². The summed E-state index contributed by atoms with van der Waals surface area (Å²) in [7, 11) is 1.83. The Morgan fingerprint density at radius 3 is 2.50 bits per heavy atom. The summed E-state index contributed by atoms with van der Waals surface area (Å²) >= 11 is 6.23. The molecule has 0 spiro atoms. The number of nitrogens with two attached hydrogens (primary N) is 1. The van der Waals surface area contributed by atoms with Gasteiger partial charge in [-0.05, 0) is 12.1 Å². The van der Waals surface area contributed by atoms with Crippen molar-refractivity contribution in [1.29, 1.82) is 0 Å². The van der Waals surface area contributed by atoms with Crippen molar-refractivity contribution in [2.75, 3.05) is 5.73 Å². The fourth-order valence-electron chi connectivity index (χ4n) is 2.09. The number of aromatic nitrogens is 3. The number of aryl methyl sites for hydroxylation is 1. The van der Waals surface area contributed by atoms with Crippen molar-refractivity contribution >= 4 is 17.3 Å². The van der Waals surface area contributed by atoms with Crippen LogP contribution in [0.1, 0.15) is 0 Å². The van der Waals surface area contributed by atoms with Crippen LogP contribution in [0.3, 0.4) is 0 Å². The Morgan fingerprint density at radius 1 is 1.05 bits per heavy atom. The lowest BCUT2D eigenvalue weighted by Gasteiger charge is -2.06. The van der Waals surface area contributed by atoms with Crippen molar-refractivity contribution in [1.82, 2.24) is 14.8 Å². The van der Waals surface area contributed by atoms with Crippen LogP contribution in [-0.4, -0.2) is 14.8 Å². The van der Waals surface area contributed by atoms with Gasteiger partial charge in [-0.25, -0.2) is 9.67 Å². The maximum absolute atomic E-state index is 6.23. The Labute approximate surface area is 121 Å². The van der Waals surface area contributed by atoms with Crippen LogP contribution < -0.4 is 5.73 Å². The molecule has 0 aliphatic heterocycles. The van der Waals surface area contributed by atoms with Gasteiger partial charge in [-0.2, -0.15) is 5.10 Å². The molecule has 0 aliphatic carbocycles.